The third-order valence-electron chi connectivity index (χ3n) is 9.01. The van der Waals surface area contributed by atoms with Gasteiger partial charge in [-0.05, 0) is 24.3 Å². The van der Waals surface area contributed by atoms with Gasteiger partial charge in [-0.15, -0.1) is 0 Å². The molecule has 0 radical (unpaired) electrons. The zero-order valence-corrected chi connectivity index (χ0v) is 29.0. The van der Waals surface area contributed by atoms with Crippen molar-refractivity contribution < 1.29 is 38.1 Å². The largest absolute Gasteiger partial charge is 0.485 e. The molecule has 16 heteroatoms. The molecule has 0 atom stereocenters. The first-order valence-corrected chi connectivity index (χ1v) is 17.2. The summed E-state index contributed by atoms with van der Waals surface area (Å²) in [6, 6.07) is 21.1. The van der Waals surface area contributed by atoms with Crippen LogP contribution in [0.5, 0.6) is 23.0 Å². The standard InChI is InChI=1S/C40H26N8O8/c49-13-17-53-25-9-1-5-21-29(25)37-41-33(21)45-38-30-22(6-2-10-26(30)54-18-14-50)35(42-38)47-40-32-24(8-4-12-28(32)56-20-16-52)36(44-40)48-39-31-23(34(43-39)46-37)7-3-11-27(31)55-19-15-51/h1-16H,17-20H2,(H2,41,42,43,44,45,46,47,48). The molecule has 4 aromatic carbocycles. The van der Waals surface area contributed by atoms with Crippen LogP contribution in [-0.4, -0.2) is 91.4 Å². The van der Waals surface area contributed by atoms with Crippen molar-refractivity contribution in [2.75, 3.05) is 26.4 Å². The van der Waals surface area contributed by atoms with Gasteiger partial charge >= 0.3 is 0 Å². The van der Waals surface area contributed by atoms with E-state index in [9.17, 15) is 19.2 Å². The molecule has 3 aromatic heterocycles. The first kappa shape index (κ1) is 33.9. The molecule has 9 rings (SSSR count). The predicted molar refractivity (Wildman–Crippen MR) is 202 cm³/mol. The molecule has 0 saturated heterocycles. The van der Waals surface area contributed by atoms with Gasteiger partial charge in [-0.25, -0.2) is 29.9 Å². The molecule has 16 nitrogen and oxygen atoms in total. The number of hydrogen-bond donors (Lipinski definition) is 2. The van der Waals surface area contributed by atoms with Gasteiger partial charge in [-0.2, -0.15) is 0 Å². The zero-order chi connectivity index (χ0) is 38.2. The van der Waals surface area contributed by atoms with Crippen LogP contribution in [-0.2, 0) is 19.2 Å². The summed E-state index contributed by atoms with van der Waals surface area (Å²) < 4.78 is 23.4. The zero-order valence-electron chi connectivity index (χ0n) is 29.0. The molecule has 0 amide bonds. The Hall–Kier alpha value is -7.88. The Labute approximate surface area is 314 Å². The van der Waals surface area contributed by atoms with E-state index in [0.717, 1.165) is 0 Å². The number of fused-ring (bicyclic) bond motifs is 20. The van der Waals surface area contributed by atoms with Crippen LogP contribution >= 0.6 is 0 Å². The van der Waals surface area contributed by atoms with Gasteiger partial charge in [-0.3, -0.25) is 19.2 Å². The average Bonchev–Trinajstić information content (AvgIpc) is 3.96. The number of aromatic amines is 2. The minimum atomic E-state index is -0.217. The number of carbonyl (C=O) groups excluding carboxylic acids is 4. The minimum absolute atomic E-state index is 0.195. The van der Waals surface area contributed by atoms with Crippen LogP contribution in [0.15, 0.2) is 72.8 Å². The summed E-state index contributed by atoms with van der Waals surface area (Å²) in [6.45, 7) is -0.843. The van der Waals surface area contributed by atoms with Gasteiger partial charge in [-0.1, -0.05) is 48.5 Å². The highest BCUT2D eigenvalue weighted by atomic mass is 16.5. The van der Waals surface area contributed by atoms with Gasteiger partial charge in [0.2, 0.25) is 0 Å². The number of hydrogen-bond acceptors (Lipinski definition) is 14. The summed E-state index contributed by atoms with van der Waals surface area (Å²) >= 11 is 0. The fourth-order valence-corrected chi connectivity index (χ4v) is 6.84. The van der Waals surface area contributed by atoms with Crippen LogP contribution in [0, 0.1) is 0 Å². The number of nitrogens with one attached hydrogen (secondary N) is 2. The van der Waals surface area contributed by atoms with Crippen LogP contribution in [0.1, 0.15) is 0 Å². The van der Waals surface area contributed by atoms with Gasteiger partial charge in [0.1, 0.15) is 72.0 Å². The number of aromatic nitrogens is 8. The fraction of sp³-hybridized carbons (Fsp3) is 0.100. The number of benzene rings is 4. The second kappa shape index (κ2) is 14.2. The fourth-order valence-electron chi connectivity index (χ4n) is 6.84. The van der Waals surface area contributed by atoms with E-state index in [1.807, 2.05) is 12.1 Å². The van der Waals surface area contributed by atoms with E-state index < -0.39 is 0 Å². The van der Waals surface area contributed by atoms with E-state index in [2.05, 4.69) is 9.97 Å². The van der Waals surface area contributed by atoms with Crippen molar-refractivity contribution in [3.8, 4) is 68.5 Å². The third kappa shape index (κ3) is 5.72. The summed E-state index contributed by atoms with van der Waals surface area (Å²) in [5, 5.41) is 2.25. The monoisotopic (exact) mass is 746 g/mol. The first-order valence-electron chi connectivity index (χ1n) is 17.2. The van der Waals surface area contributed by atoms with Crippen LogP contribution in [0.2, 0.25) is 0 Å². The Balaban J connectivity index is 1.47. The molecule has 8 bridgehead atoms. The molecule has 0 aliphatic carbocycles. The van der Waals surface area contributed by atoms with Crippen LogP contribution < -0.4 is 18.9 Å². The predicted octanol–water partition coefficient (Wildman–Crippen LogP) is 5.18. The van der Waals surface area contributed by atoms with Crippen LogP contribution in [0.4, 0.5) is 0 Å². The lowest BCUT2D eigenvalue weighted by Gasteiger charge is -2.08. The van der Waals surface area contributed by atoms with Crippen molar-refractivity contribution in [1.29, 1.82) is 0 Å². The Morgan fingerprint density at radius 1 is 0.411 bits per heavy atom. The summed E-state index contributed by atoms with van der Waals surface area (Å²) in [5.41, 5.74) is 3.40. The Morgan fingerprint density at radius 3 is 1.29 bits per heavy atom. The molecule has 0 spiro atoms. The van der Waals surface area contributed by atoms with E-state index in [1.165, 1.54) is 0 Å². The molecule has 0 saturated carbocycles. The molecule has 7 aromatic rings. The van der Waals surface area contributed by atoms with E-state index in [1.54, 1.807) is 60.7 Å². The maximum atomic E-state index is 11.4. The highest BCUT2D eigenvalue weighted by molar-refractivity contribution is 6.11. The van der Waals surface area contributed by atoms with E-state index in [-0.39, 0.29) is 49.7 Å². The van der Waals surface area contributed by atoms with Crippen molar-refractivity contribution in [3.05, 3.63) is 72.8 Å². The van der Waals surface area contributed by atoms with Crippen molar-refractivity contribution in [1.82, 2.24) is 39.9 Å². The smallest absolute Gasteiger partial charge is 0.168 e. The maximum absolute atomic E-state index is 11.4. The van der Waals surface area contributed by atoms with Gasteiger partial charge in [0.05, 0.1) is 21.9 Å². The summed E-state index contributed by atoms with van der Waals surface area (Å²) in [7, 11) is 0. The molecule has 0 fully saturated rings. The van der Waals surface area contributed by atoms with E-state index in [0.29, 0.717) is 115 Å². The van der Waals surface area contributed by atoms with Gasteiger partial charge in [0.25, 0.3) is 0 Å². The third-order valence-corrected chi connectivity index (χ3v) is 9.01. The number of aldehydes is 4. The SMILES string of the molecule is O=CCOc1cccc2c1-c1nc3nc(nc4[nH]c(nc5[nH]c(nc-2n1)c1c(OCC=O)cccc51)c1c(OCC=O)cccc41)-c1c(OCC=O)cccc1-3. The maximum Gasteiger partial charge on any atom is 0.168 e. The van der Waals surface area contributed by atoms with Crippen molar-refractivity contribution >= 4 is 69.3 Å². The highest BCUT2D eigenvalue weighted by Crippen LogP contribution is 2.44. The lowest BCUT2D eigenvalue weighted by molar-refractivity contribution is -0.110. The lowest BCUT2D eigenvalue weighted by atomic mass is 10.1. The molecular formula is C40H26N8O8. The Morgan fingerprint density at radius 2 is 0.786 bits per heavy atom. The lowest BCUT2D eigenvalue weighted by Crippen LogP contribution is -2.00. The van der Waals surface area contributed by atoms with Crippen LogP contribution in [0.3, 0.4) is 0 Å². The van der Waals surface area contributed by atoms with Gasteiger partial charge in [0, 0.05) is 21.9 Å². The number of nitrogens with zero attached hydrogens (tertiary/aromatic N) is 6. The summed E-state index contributed by atoms with van der Waals surface area (Å²) in [6.07, 6.45) is 2.59. The molecule has 5 heterocycles. The summed E-state index contributed by atoms with van der Waals surface area (Å²) in [5.74, 6) is 2.31. The average molecular weight is 747 g/mol. The number of H-pyrrole nitrogens is 2. The first-order chi connectivity index (χ1) is 27.6. The van der Waals surface area contributed by atoms with E-state index in [4.69, 9.17) is 48.9 Å². The van der Waals surface area contributed by atoms with Gasteiger partial charge < -0.3 is 28.9 Å². The van der Waals surface area contributed by atoms with Crippen molar-refractivity contribution in [2.45, 2.75) is 0 Å². The van der Waals surface area contributed by atoms with E-state index >= 15 is 0 Å². The van der Waals surface area contributed by atoms with Crippen molar-refractivity contribution in [2.24, 2.45) is 0 Å². The normalized spacial score (nSPS) is 11.4. The molecule has 274 valence electrons. The molecule has 0 unspecified atom stereocenters. The quantitative estimate of drug-likeness (QED) is 0.154. The highest BCUT2D eigenvalue weighted by Gasteiger charge is 2.28. The molecule has 56 heavy (non-hydrogen) atoms. The minimum Gasteiger partial charge on any atom is -0.485 e. The van der Waals surface area contributed by atoms with Gasteiger partial charge in [0.15, 0.2) is 48.4 Å². The van der Waals surface area contributed by atoms with Crippen molar-refractivity contribution in [3.63, 3.8) is 0 Å². The second-order valence-electron chi connectivity index (χ2n) is 12.2. The number of rotatable bonds is 12. The Bertz CT molecular complexity index is 2940. The molecule has 2 aliphatic heterocycles. The molecule has 2 N–H and O–H groups in total. The van der Waals surface area contributed by atoms with Crippen LogP contribution in [0.25, 0.3) is 89.7 Å². The number of ether oxygens (including phenoxy) is 4. The Kier molecular flexibility index (Phi) is 8.58. The second-order valence-corrected chi connectivity index (χ2v) is 12.2. The molecule has 2 aliphatic rings. The molecular weight excluding hydrogens is 720 g/mol. The number of carbonyl (C=O) groups is 4. The summed E-state index contributed by atoms with van der Waals surface area (Å²) in [4.78, 5) is 82.1. The topological polar surface area (TPSA) is 214 Å².